The van der Waals surface area contributed by atoms with Gasteiger partial charge < -0.3 is 0 Å². The van der Waals surface area contributed by atoms with Crippen LogP contribution in [0.25, 0.3) is 34.4 Å². The van der Waals surface area contributed by atoms with E-state index in [1.165, 1.54) is 0 Å². The van der Waals surface area contributed by atoms with Crippen LogP contribution in [-0.2, 0) is 21.7 Å². The van der Waals surface area contributed by atoms with E-state index in [9.17, 15) is 0 Å². The Morgan fingerprint density at radius 2 is 0.902 bits per heavy atom. The number of nitrogens with zero attached hydrogens (tertiary/aromatic N) is 8. The third kappa shape index (κ3) is 4.96. The maximum absolute atomic E-state index is 5.03. The molecule has 0 atom stereocenters. The minimum absolute atomic E-state index is 0.0477. The standard InChI is InChI=1S/C32H37BrN8/c1-29(2)12-14-31(5,6)25-23(29)36-27(40-38-25)20-11-9-10-19(34-20)21-16-18(33)17-22(35-21)28-37-24-26(39-41-28)32(7,8)15-13-30(24,3)4/h9-11,16-17H,12-15H2,1-8H3. The highest BCUT2D eigenvalue weighted by Gasteiger charge is 2.41. The molecule has 41 heavy (non-hydrogen) atoms. The molecule has 0 saturated heterocycles. The number of hydrogen-bond donors (Lipinski definition) is 0. The molecule has 9 heteroatoms. The van der Waals surface area contributed by atoms with Gasteiger partial charge in [0.05, 0.1) is 34.2 Å². The van der Waals surface area contributed by atoms with E-state index in [-0.39, 0.29) is 21.7 Å². The molecule has 0 aromatic carbocycles. The maximum Gasteiger partial charge on any atom is 0.200 e. The Morgan fingerprint density at radius 1 is 0.488 bits per heavy atom. The Labute approximate surface area is 250 Å². The summed E-state index contributed by atoms with van der Waals surface area (Å²) >= 11 is 3.67. The Morgan fingerprint density at radius 3 is 1.44 bits per heavy atom. The molecule has 0 amide bonds. The molecule has 4 aromatic heterocycles. The topological polar surface area (TPSA) is 103 Å². The monoisotopic (exact) mass is 612 g/mol. The molecule has 212 valence electrons. The van der Waals surface area contributed by atoms with Gasteiger partial charge in [-0.05, 0) is 49.9 Å². The molecule has 0 bridgehead atoms. The van der Waals surface area contributed by atoms with Crippen molar-refractivity contribution in [3.63, 3.8) is 0 Å². The normalized spacial score (nSPS) is 19.7. The van der Waals surface area contributed by atoms with Crippen LogP contribution >= 0.6 is 15.9 Å². The van der Waals surface area contributed by atoms with Crippen LogP contribution in [0.3, 0.4) is 0 Å². The summed E-state index contributed by atoms with van der Waals surface area (Å²) in [4.78, 5) is 19.9. The second-order valence-corrected chi connectivity index (χ2v) is 15.1. The van der Waals surface area contributed by atoms with Crippen LogP contribution in [0.1, 0.15) is 104 Å². The van der Waals surface area contributed by atoms with Gasteiger partial charge >= 0.3 is 0 Å². The largest absolute Gasteiger partial charge is 0.243 e. The van der Waals surface area contributed by atoms with E-state index in [2.05, 4.69) is 91.7 Å². The van der Waals surface area contributed by atoms with E-state index in [0.29, 0.717) is 34.4 Å². The van der Waals surface area contributed by atoms with Crippen molar-refractivity contribution >= 4 is 15.9 Å². The molecule has 8 nitrogen and oxygen atoms in total. The minimum Gasteiger partial charge on any atom is -0.243 e. The number of hydrogen-bond acceptors (Lipinski definition) is 8. The molecule has 0 radical (unpaired) electrons. The lowest BCUT2D eigenvalue weighted by molar-refractivity contribution is 0.311. The van der Waals surface area contributed by atoms with Gasteiger partial charge in [-0.3, -0.25) is 0 Å². The molecule has 0 N–H and O–H groups in total. The molecule has 0 saturated carbocycles. The SMILES string of the molecule is CC1(C)CCC(C)(C)c2nc(-c3cccc(-c4cc(Br)cc(-c5nnc6c(n5)C(C)(C)CCC6(C)C)n4)n3)nnc21. The van der Waals surface area contributed by atoms with Gasteiger partial charge in [-0.2, -0.15) is 10.2 Å². The van der Waals surface area contributed by atoms with Gasteiger partial charge in [-0.15, -0.1) is 10.2 Å². The van der Waals surface area contributed by atoms with E-state index in [4.69, 9.17) is 19.9 Å². The summed E-state index contributed by atoms with van der Waals surface area (Å²) in [5.41, 5.74) is 6.45. The Balaban J connectivity index is 1.40. The first-order valence-corrected chi connectivity index (χ1v) is 15.1. The van der Waals surface area contributed by atoms with Crippen LogP contribution in [0.15, 0.2) is 34.8 Å². The Kier molecular flexibility index (Phi) is 6.41. The third-order valence-corrected chi connectivity index (χ3v) is 9.41. The minimum atomic E-state index is -0.0764. The summed E-state index contributed by atoms with van der Waals surface area (Å²) in [5.74, 6) is 1.04. The van der Waals surface area contributed by atoms with Crippen molar-refractivity contribution in [2.45, 2.75) is 103 Å². The summed E-state index contributed by atoms with van der Waals surface area (Å²) in [6.07, 6.45) is 4.22. The summed E-state index contributed by atoms with van der Waals surface area (Å²) in [6.45, 7) is 17.8. The number of pyridine rings is 2. The van der Waals surface area contributed by atoms with Crippen LogP contribution in [-0.4, -0.2) is 40.3 Å². The van der Waals surface area contributed by atoms with Crippen molar-refractivity contribution in [2.75, 3.05) is 0 Å². The average Bonchev–Trinajstić information content (AvgIpc) is 2.93. The molecule has 2 aliphatic carbocycles. The summed E-state index contributed by atoms with van der Waals surface area (Å²) in [5, 5.41) is 18.4. The number of halogens is 1. The Bertz CT molecular complexity index is 1670. The van der Waals surface area contributed by atoms with E-state index in [1.807, 2.05) is 30.3 Å². The molecular formula is C32H37BrN8. The highest BCUT2D eigenvalue weighted by atomic mass is 79.9. The summed E-state index contributed by atoms with van der Waals surface area (Å²) < 4.78 is 0.862. The van der Waals surface area contributed by atoms with Crippen LogP contribution in [0.5, 0.6) is 0 Å². The van der Waals surface area contributed by atoms with Crippen molar-refractivity contribution in [3.8, 4) is 34.4 Å². The molecular weight excluding hydrogens is 576 g/mol. The quantitative estimate of drug-likeness (QED) is 0.237. The summed E-state index contributed by atoms with van der Waals surface area (Å²) in [7, 11) is 0. The fourth-order valence-electron chi connectivity index (χ4n) is 5.89. The van der Waals surface area contributed by atoms with Gasteiger partial charge in [0.1, 0.15) is 11.4 Å². The molecule has 4 heterocycles. The van der Waals surface area contributed by atoms with Crippen molar-refractivity contribution in [1.29, 1.82) is 0 Å². The fraction of sp³-hybridized carbons (Fsp3) is 0.500. The van der Waals surface area contributed by atoms with Gasteiger partial charge in [0, 0.05) is 26.1 Å². The van der Waals surface area contributed by atoms with Gasteiger partial charge in [0.25, 0.3) is 0 Å². The molecule has 2 aliphatic rings. The van der Waals surface area contributed by atoms with Gasteiger partial charge in [-0.25, -0.2) is 19.9 Å². The van der Waals surface area contributed by atoms with E-state index in [0.717, 1.165) is 52.9 Å². The highest BCUT2D eigenvalue weighted by Crippen LogP contribution is 2.45. The maximum atomic E-state index is 5.03. The third-order valence-electron chi connectivity index (χ3n) is 8.95. The first-order chi connectivity index (χ1) is 19.2. The van der Waals surface area contributed by atoms with Crippen molar-refractivity contribution in [1.82, 2.24) is 40.3 Å². The summed E-state index contributed by atoms with van der Waals surface area (Å²) in [6, 6.07) is 9.70. The lowest BCUT2D eigenvalue weighted by Crippen LogP contribution is -2.36. The van der Waals surface area contributed by atoms with Crippen LogP contribution in [0, 0.1) is 0 Å². The lowest BCUT2D eigenvalue weighted by atomic mass is 9.67. The molecule has 6 rings (SSSR count). The highest BCUT2D eigenvalue weighted by molar-refractivity contribution is 9.10. The molecule has 0 spiro atoms. The van der Waals surface area contributed by atoms with Crippen molar-refractivity contribution < 1.29 is 0 Å². The van der Waals surface area contributed by atoms with E-state index in [1.54, 1.807) is 0 Å². The van der Waals surface area contributed by atoms with Gasteiger partial charge in [0.15, 0.2) is 0 Å². The van der Waals surface area contributed by atoms with Gasteiger partial charge in [0.2, 0.25) is 11.6 Å². The Hall–Kier alpha value is -3.20. The van der Waals surface area contributed by atoms with E-state index < -0.39 is 0 Å². The number of fused-ring (bicyclic) bond motifs is 2. The van der Waals surface area contributed by atoms with Crippen molar-refractivity contribution in [2.24, 2.45) is 0 Å². The van der Waals surface area contributed by atoms with Crippen LogP contribution < -0.4 is 0 Å². The zero-order valence-electron chi connectivity index (χ0n) is 25.2. The lowest BCUT2D eigenvalue weighted by Gasteiger charge is -2.39. The first-order valence-electron chi connectivity index (χ1n) is 14.3. The fourth-order valence-corrected chi connectivity index (χ4v) is 6.33. The molecule has 0 fully saturated rings. The zero-order valence-corrected chi connectivity index (χ0v) is 26.8. The first kappa shape index (κ1) is 27.9. The smallest absolute Gasteiger partial charge is 0.200 e. The van der Waals surface area contributed by atoms with Crippen LogP contribution in [0.2, 0.25) is 0 Å². The average molecular weight is 614 g/mol. The second kappa shape index (κ2) is 9.41. The second-order valence-electron chi connectivity index (χ2n) is 14.2. The van der Waals surface area contributed by atoms with Gasteiger partial charge in [-0.1, -0.05) is 77.4 Å². The van der Waals surface area contributed by atoms with Crippen LogP contribution in [0.4, 0.5) is 0 Å². The molecule has 0 unspecified atom stereocenters. The molecule has 4 aromatic rings. The predicted octanol–water partition coefficient (Wildman–Crippen LogP) is 7.31. The van der Waals surface area contributed by atoms with Crippen molar-refractivity contribution in [3.05, 3.63) is 57.6 Å². The molecule has 0 aliphatic heterocycles. The number of rotatable bonds is 3. The zero-order chi connectivity index (χ0) is 29.4. The predicted molar refractivity (Wildman–Crippen MR) is 163 cm³/mol. The number of aromatic nitrogens is 8. The van der Waals surface area contributed by atoms with E-state index >= 15 is 0 Å².